The molecule has 0 spiro atoms. The Kier molecular flexibility index (Phi) is 9.52. The van der Waals surface area contributed by atoms with Crippen LogP contribution in [0.25, 0.3) is 50.5 Å². The first-order chi connectivity index (χ1) is 22.3. The molecule has 0 aliphatic heterocycles. The largest absolute Gasteiger partial charge is 2.00 e. The van der Waals surface area contributed by atoms with Gasteiger partial charge < -0.3 is 14.0 Å². The van der Waals surface area contributed by atoms with Crippen molar-refractivity contribution in [2.24, 2.45) is 0 Å². The van der Waals surface area contributed by atoms with E-state index in [0.29, 0.717) is 51.6 Å². The van der Waals surface area contributed by atoms with Gasteiger partial charge >= 0.3 is 42.1 Å². The molecule has 0 bridgehead atoms. The minimum atomic E-state index is 0. The third kappa shape index (κ3) is 6.56. The summed E-state index contributed by atoms with van der Waals surface area (Å²) in [6.45, 7) is 0. The number of ether oxygens (including phenoxy) is 2. The molecule has 0 aliphatic rings. The maximum Gasteiger partial charge on any atom is 2.00 e. The molecule has 12 heteroatoms. The number of benzene rings is 4. The predicted octanol–water partition coefficient (Wildman–Crippen LogP) is 6.66. The monoisotopic (exact) mass is 972 g/mol. The van der Waals surface area contributed by atoms with E-state index in [4.69, 9.17) is 9.47 Å². The second kappa shape index (κ2) is 14.1. The SMILES string of the molecule is [Pt+2].[Pt+2].[c-]1c(Oc2[c-]c3c(cc2)c2ccc(Oc4[c-]c(-c5ncccn5)ccc4)[c-]c2n3-c2ncncn2)cccc1-c1ncccn1. The van der Waals surface area contributed by atoms with E-state index in [1.54, 1.807) is 36.9 Å². The van der Waals surface area contributed by atoms with E-state index in [-0.39, 0.29) is 42.1 Å². The Balaban J connectivity index is 0.00000193. The van der Waals surface area contributed by atoms with Crippen molar-refractivity contribution < 1.29 is 51.6 Å². The molecule has 4 aromatic heterocycles. The number of hydrogen-bond donors (Lipinski definition) is 0. The third-order valence-corrected chi connectivity index (χ3v) is 6.80. The zero-order valence-electron chi connectivity index (χ0n) is 23.9. The summed E-state index contributed by atoms with van der Waals surface area (Å²) in [6.07, 6.45) is 9.64. The van der Waals surface area contributed by atoms with Gasteiger partial charge in [-0.1, -0.05) is 23.2 Å². The number of rotatable bonds is 7. The molecule has 8 rings (SSSR count). The van der Waals surface area contributed by atoms with Crippen LogP contribution in [0, 0.1) is 24.3 Å². The summed E-state index contributed by atoms with van der Waals surface area (Å²) < 4.78 is 14.3. The summed E-state index contributed by atoms with van der Waals surface area (Å²) in [7, 11) is 0. The van der Waals surface area contributed by atoms with Gasteiger partial charge in [0.05, 0.1) is 11.6 Å². The van der Waals surface area contributed by atoms with Crippen LogP contribution in [0.15, 0.2) is 110 Å². The molecule has 0 aliphatic carbocycles. The molecule has 8 aromatic rings. The second-order valence-electron chi connectivity index (χ2n) is 9.65. The smallest absolute Gasteiger partial charge is 0.503 e. The van der Waals surface area contributed by atoms with Gasteiger partial charge in [0, 0.05) is 47.8 Å². The standard InChI is InChI=1S/C35H18N8O2.2Pt/c1-5-23(33-37-13-3-14-38-33)17-25(7-1)44-27-9-11-29-30-12-10-28(20-32(30)43(31(29)19-27)35-41-21-36-22-42-35)45-26-8-2-6-24(18-26)34-39-15-4-16-40-34;;/h1-16,21-22H;;/q-4;2*+2. The summed E-state index contributed by atoms with van der Waals surface area (Å²) in [4.78, 5) is 30.1. The van der Waals surface area contributed by atoms with Gasteiger partial charge in [-0.3, -0.25) is 19.9 Å². The van der Waals surface area contributed by atoms with Gasteiger partial charge in [0.15, 0.2) is 0 Å². The Hall–Kier alpha value is -5.17. The topological polar surface area (TPSA) is 114 Å². The molecule has 0 unspecified atom stereocenters. The van der Waals surface area contributed by atoms with Crippen LogP contribution in [-0.2, 0) is 42.1 Å². The Morgan fingerprint density at radius 2 is 0.915 bits per heavy atom. The van der Waals surface area contributed by atoms with Gasteiger partial charge in [0.1, 0.15) is 12.7 Å². The minimum Gasteiger partial charge on any atom is -0.503 e. The summed E-state index contributed by atoms with van der Waals surface area (Å²) >= 11 is 0. The zero-order chi connectivity index (χ0) is 30.0. The van der Waals surface area contributed by atoms with Crippen LogP contribution in [0.3, 0.4) is 0 Å². The van der Waals surface area contributed by atoms with E-state index < -0.39 is 0 Å². The van der Waals surface area contributed by atoms with Crippen LogP contribution in [0.4, 0.5) is 0 Å². The van der Waals surface area contributed by atoms with E-state index >= 15 is 0 Å². The van der Waals surface area contributed by atoms with Crippen molar-refractivity contribution in [3.8, 4) is 51.7 Å². The second-order valence-corrected chi connectivity index (χ2v) is 9.65. The van der Waals surface area contributed by atoms with Gasteiger partial charge in [-0.2, -0.15) is 22.9 Å². The molecule has 47 heavy (non-hydrogen) atoms. The molecule has 230 valence electrons. The van der Waals surface area contributed by atoms with Crippen LogP contribution in [0.5, 0.6) is 23.0 Å². The summed E-state index contributed by atoms with van der Waals surface area (Å²) in [6, 6.07) is 35.6. The molecule has 10 nitrogen and oxygen atoms in total. The van der Waals surface area contributed by atoms with Crippen molar-refractivity contribution in [1.29, 1.82) is 0 Å². The number of aromatic nitrogens is 8. The summed E-state index contributed by atoms with van der Waals surface area (Å²) in [5.41, 5.74) is 2.82. The zero-order valence-corrected chi connectivity index (χ0v) is 28.5. The molecular formula is C35H18N8O2Pt2. The molecule has 4 aromatic carbocycles. The van der Waals surface area contributed by atoms with Crippen LogP contribution in [0.2, 0.25) is 0 Å². The molecule has 0 radical (unpaired) electrons. The van der Waals surface area contributed by atoms with Crippen molar-refractivity contribution in [3.63, 3.8) is 0 Å². The van der Waals surface area contributed by atoms with E-state index in [2.05, 4.69) is 59.2 Å². The van der Waals surface area contributed by atoms with E-state index in [0.717, 1.165) is 21.9 Å². The molecule has 0 fully saturated rings. The fourth-order valence-corrected chi connectivity index (χ4v) is 4.88. The van der Waals surface area contributed by atoms with Crippen LogP contribution in [-0.4, -0.2) is 39.5 Å². The summed E-state index contributed by atoms with van der Waals surface area (Å²) in [5.74, 6) is 3.48. The fourth-order valence-electron chi connectivity index (χ4n) is 4.88. The molecular weight excluding hydrogens is 955 g/mol. The van der Waals surface area contributed by atoms with Crippen molar-refractivity contribution in [1.82, 2.24) is 39.5 Å². The van der Waals surface area contributed by atoms with Gasteiger partial charge in [-0.05, 0) is 12.1 Å². The Morgan fingerprint density at radius 3 is 1.38 bits per heavy atom. The Bertz CT molecular complexity index is 2150. The van der Waals surface area contributed by atoms with E-state index in [1.165, 1.54) is 12.7 Å². The van der Waals surface area contributed by atoms with Crippen molar-refractivity contribution >= 4 is 21.8 Å². The molecule has 0 saturated carbocycles. The maximum atomic E-state index is 6.20. The molecule has 0 atom stereocenters. The number of fused-ring (bicyclic) bond motifs is 3. The Morgan fingerprint density at radius 1 is 0.468 bits per heavy atom. The molecule has 0 amide bonds. The van der Waals surface area contributed by atoms with Gasteiger partial charge in [-0.25, -0.2) is 15.0 Å². The minimum absolute atomic E-state index is 0. The van der Waals surface area contributed by atoms with Crippen LogP contribution >= 0.6 is 0 Å². The number of hydrogen-bond acceptors (Lipinski definition) is 9. The average molecular weight is 973 g/mol. The average Bonchev–Trinajstić information content (AvgIpc) is 3.42. The maximum absolute atomic E-state index is 6.20. The number of nitrogens with zero attached hydrogens (tertiary/aromatic N) is 8. The van der Waals surface area contributed by atoms with Crippen LogP contribution < -0.4 is 9.47 Å². The summed E-state index contributed by atoms with van der Waals surface area (Å²) in [5, 5.41) is 1.82. The third-order valence-electron chi connectivity index (χ3n) is 6.80. The first kappa shape index (κ1) is 31.8. The van der Waals surface area contributed by atoms with Gasteiger partial charge in [-0.15, -0.1) is 71.8 Å². The first-order valence-electron chi connectivity index (χ1n) is 13.8. The van der Waals surface area contributed by atoms with Crippen molar-refractivity contribution in [2.75, 3.05) is 0 Å². The van der Waals surface area contributed by atoms with Crippen molar-refractivity contribution in [3.05, 3.63) is 135 Å². The van der Waals surface area contributed by atoms with Gasteiger partial charge in [0.2, 0.25) is 5.95 Å². The molecule has 0 N–H and O–H groups in total. The normalized spacial score (nSPS) is 10.6. The van der Waals surface area contributed by atoms with Crippen molar-refractivity contribution in [2.45, 2.75) is 0 Å². The molecule has 4 heterocycles. The fraction of sp³-hybridized carbons (Fsp3) is 0. The van der Waals surface area contributed by atoms with E-state index in [9.17, 15) is 0 Å². The quantitative estimate of drug-likeness (QED) is 0.162. The predicted molar refractivity (Wildman–Crippen MR) is 165 cm³/mol. The van der Waals surface area contributed by atoms with Gasteiger partial charge in [0.25, 0.3) is 0 Å². The first-order valence-corrected chi connectivity index (χ1v) is 13.8. The van der Waals surface area contributed by atoms with E-state index in [1.807, 2.05) is 65.2 Å². The molecule has 0 saturated heterocycles. The Labute approximate surface area is 297 Å². The van der Waals surface area contributed by atoms with Crippen LogP contribution in [0.1, 0.15) is 0 Å².